The summed E-state index contributed by atoms with van der Waals surface area (Å²) in [5.41, 5.74) is 0. The zero-order valence-electron chi connectivity index (χ0n) is 12.9. The maximum absolute atomic E-state index is 12.7. The van der Waals surface area contributed by atoms with Gasteiger partial charge in [-0.1, -0.05) is 0 Å². The van der Waals surface area contributed by atoms with Crippen molar-refractivity contribution in [3.8, 4) is 0 Å². The zero-order valence-corrected chi connectivity index (χ0v) is 12.9. The Labute approximate surface area is 126 Å². The fourth-order valence-electron chi connectivity index (χ4n) is 2.84. The Morgan fingerprint density at radius 1 is 1.33 bits per heavy atom. The summed E-state index contributed by atoms with van der Waals surface area (Å²) >= 11 is 0. The van der Waals surface area contributed by atoms with Crippen molar-refractivity contribution in [2.45, 2.75) is 25.9 Å². The van der Waals surface area contributed by atoms with Crippen molar-refractivity contribution in [3.63, 3.8) is 0 Å². The van der Waals surface area contributed by atoms with E-state index < -0.39 is 6.04 Å². The highest BCUT2D eigenvalue weighted by Gasteiger charge is 2.36. The molecule has 2 atom stereocenters. The van der Waals surface area contributed by atoms with Gasteiger partial charge in [0.25, 0.3) is 0 Å². The highest BCUT2D eigenvalue weighted by molar-refractivity contribution is 5.90. The second-order valence-electron chi connectivity index (χ2n) is 5.48. The molecule has 0 aromatic carbocycles. The average molecular weight is 298 g/mol. The lowest BCUT2D eigenvalue weighted by Crippen LogP contribution is -2.61. The summed E-state index contributed by atoms with van der Waals surface area (Å²) in [4.78, 5) is 28.7. The lowest BCUT2D eigenvalue weighted by molar-refractivity contribution is -0.152. The Kier molecular flexibility index (Phi) is 5.96. The summed E-state index contributed by atoms with van der Waals surface area (Å²) in [6, 6.07) is -0.696. The van der Waals surface area contributed by atoms with Gasteiger partial charge < -0.3 is 20.3 Å². The predicted molar refractivity (Wildman–Crippen MR) is 78.9 cm³/mol. The summed E-state index contributed by atoms with van der Waals surface area (Å²) in [7, 11) is 0. The van der Waals surface area contributed by atoms with Crippen molar-refractivity contribution in [3.05, 3.63) is 0 Å². The van der Waals surface area contributed by atoms with E-state index >= 15 is 0 Å². The lowest BCUT2D eigenvalue weighted by Gasteiger charge is -2.39. The van der Waals surface area contributed by atoms with Crippen LogP contribution in [0, 0.1) is 0 Å². The number of nitrogens with one attached hydrogen (secondary N) is 2. The summed E-state index contributed by atoms with van der Waals surface area (Å²) in [6.07, 6.45) is 0. The van der Waals surface area contributed by atoms with E-state index in [0.29, 0.717) is 19.7 Å². The van der Waals surface area contributed by atoms with Crippen LogP contribution in [0.15, 0.2) is 0 Å². The van der Waals surface area contributed by atoms with Crippen LogP contribution in [0.4, 0.5) is 0 Å². The first-order valence-electron chi connectivity index (χ1n) is 7.76. The van der Waals surface area contributed by atoms with Gasteiger partial charge in [-0.25, -0.2) is 0 Å². The molecule has 7 nitrogen and oxygen atoms in total. The molecule has 0 aromatic rings. The fraction of sp³-hybridized carbons (Fsp3) is 0.857. The standard InChI is InChI=1S/C14H26N4O3/c1-3-16-13(19)12-10-21-9-8-18(12)14(20)11(2)17-6-4-15-5-7-17/h11-12,15H,3-10H2,1-2H3,(H,16,19). The molecule has 120 valence electrons. The molecule has 2 aliphatic heterocycles. The first-order chi connectivity index (χ1) is 10.1. The molecule has 2 heterocycles. The SMILES string of the molecule is CCNC(=O)C1COCCN1C(=O)C(C)N1CCNCC1. The van der Waals surface area contributed by atoms with Crippen LogP contribution >= 0.6 is 0 Å². The van der Waals surface area contributed by atoms with Crippen LogP contribution in [-0.2, 0) is 14.3 Å². The van der Waals surface area contributed by atoms with E-state index in [1.165, 1.54) is 0 Å². The molecule has 2 saturated heterocycles. The molecule has 0 aliphatic carbocycles. The third-order valence-corrected chi connectivity index (χ3v) is 4.12. The van der Waals surface area contributed by atoms with Gasteiger partial charge in [0.05, 0.1) is 19.3 Å². The number of carbonyl (C=O) groups excluding carboxylic acids is 2. The molecule has 2 unspecified atom stereocenters. The minimum Gasteiger partial charge on any atom is -0.377 e. The molecule has 2 N–H and O–H groups in total. The van der Waals surface area contributed by atoms with E-state index in [9.17, 15) is 9.59 Å². The second-order valence-corrected chi connectivity index (χ2v) is 5.48. The number of morpholine rings is 1. The minimum atomic E-state index is -0.503. The van der Waals surface area contributed by atoms with Gasteiger partial charge in [0.2, 0.25) is 11.8 Å². The Morgan fingerprint density at radius 2 is 2.05 bits per heavy atom. The Morgan fingerprint density at radius 3 is 2.71 bits per heavy atom. The number of hydrogen-bond acceptors (Lipinski definition) is 5. The number of amides is 2. The number of likely N-dealkylation sites (N-methyl/N-ethyl adjacent to an activating group) is 1. The Bertz CT molecular complexity index is 371. The predicted octanol–water partition coefficient (Wildman–Crippen LogP) is -1.36. The van der Waals surface area contributed by atoms with E-state index in [4.69, 9.17) is 4.74 Å². The zero-order chi connectivity index (χ0) is 15.2. The van der Waals surface area contributed by atoms with Crippen LogP contribution in [0.1, 0.15) is 13.8 Å². The van der Waals surface area contributed by atoms with Crippen LogP contribution < -0.4 is 10.6 Å². The first-order valence-corrected chi connectivity index (χ1v) is 7.76. The maximum Gasteiger partial charge on any atom is 0.245 e. The Balaban J connectivity index is 2.01. The van der Waals surface area contributed by atoms with Gasteiger partial charge in [-0.2, -0.15) is 0 Å². The largest absolute Gasteiger partial charge is 0.377 e. The van der Waals surface area contributed by atoms with Crippen molar-refractivity contribution in [2.75, 3.05) is 52.5 Å². The van der Waals surface area contributed by atoms with E-state index in [-0.39, 0.29) is 24.5 Å². The van der Waals surface area contributed by atoms with E-state index in [0.717, 1.165) is 26.2 Å². The topological polar surface area (TPSA) is 73.9 Å². The van der Waals surface area contributed by atoms with Crippen LogP contribution in [0.2, 0.25) is 0 Å². The van der Waals surface area contributed by atoms with Crippen molar-refractivity contribution in [2.24, 2.45) is 0 Å². The molecule has 0 aromatic heterocycles. The minimum absolute atomic E-state index is 0.0245. The molecule has 2 aliphatic rings. The molecule has 2 fully saturated rings. The smallest absolute Gasteiger partial charge is 0.245 e. The molecule has 0 radical (unpaired) electrons. The fourth-order valence-corrected chi connectivity index (χ4v) is 2.84. The second kappa shape index (κ2) is 7.72. The van der Waals surface area contributed by atoms with E-state index in [2.05, 4.69) is 15.5 Å². The molecular formula is C14H26N4O3. The quantitative estimate of drug-likeness (QED) is 0.671. The van der Waals surface area contributed by atoms with Gasteiger partial charge >= 0.3 is 0 Å². The third-order valence-electron chi connectivity index (χ3n) is 4.12. The van der Waals surface area contributed by atoms with Gasteiger partial charge in [-0.15, -0.1) is 0 Å². The third kappa shape index (κ3) is 3.93. The Hall–Kier alpha value is -1.18. The number of carbonyl (C=O) groups is 2. The number of hydrogen-bond donors (Lipinski definition) is 2. The van der Waals surface area contributed by atoms with E-state index in [1.54, 1.807) is 4.90 Å². The van der Waals surface area contributed by atoms with Gasteiger partial charge in [0, 0.05) is 39.3 Å². The van der Waals surface area contributed by atoms with Crippen LogP contribution in [0.5, 0.6) is 0 Å². The number of rotatable bonds is 4. The molecule has 21 heavy (non-hydrogen) atoms. The number of ether oxygens (including phenoxy) is 1. The van der Waals surface area contributed by atoms with Crippen LogP contribution in [0.25, 0.3) is 0 Å². The molecule has 2 rings (SSSR count). The van der Waals surface area contributed by atoms with Gasteiger partial charge in [0.1, 0.15) is 6.04 Å². The molecule has 2 amide bonds. The van der Waals surface area contributed by atoms with Crippen molar-refractivity contribution in [1.29, 1.82) is 0 Å². The highest BCUT2D eigenvalue weighted by Crippen LogP contribution is 2.13. The summed E-state index contributed by atoms with van der Waals surface area (Å²) in [6.45, 7) is 9.16. The monoisotopic (exact) mass is 298 g/mol. The summed E-state index contributed by atoms with van der Waals surface area (Å²) < 4.78 is 5.38. The average Bonchev–Trinajstić information content (AvgIpc) is 2.54. The molecule has 7 heteroatoms. The number of nitrogens with zero attached hydrogens (tertiary/aromatic N) is 2. The normalized spacial score (nSPS) is 25.4. The van der Waals surface area contributed by atoms with Crippen LogP contribution in [-0.4, -0.2) is 86.2 Å². The van der Waals surface area contributed by atoms with Gasteiger partial charge in [0.15, 0.2) is 0 Å². The van der Waals surface area contributed by atoms with Gasteiger partial charge in [-0.3, -0.25) is 14.5 Å². The van der Waals surface area contributed by atoms with Gasteiger partial charge in [-0.05, 0) is 13.8 Å². The summed E-state index contributed by atoms with van der Waals surface area (Å²) in [5, 5.41) is 6.06. The molecule has 0 bridgehead atoms. The highest BCUT2D eigenvalue weighted by atomic mass is 16.5. The molecule has 0 spiro atoms. The first kappa shape index (κ1) is 16.2. The van der Waals surface area contributed by atoms with Crippen molar-refractivity contribution in [1.82, 2.24) is 20.4 Å². The van der Waals surface area contributed by atoms with Crippen molar-refractivity contribution < 1.29 is 14.3 Å². The maximum atomic E-state index is 12.7. The lowest BCUT2D eigenvalue weighted by atomic mass is 10.1. The van der Waals surface area contributed by atoms with Crippen LogP contribution in [0.3, 0.4) is 0 Å². The van der Waals surface area contributed by atoms with E-state index in [1.807, 2.05) is 13.8 Å². The number of piperazine rings is 1. The molecule has 0 saturated carbocycles. The molecular weight excluding hydrogens is 272 g/mol. The van der Waals surface area contributed by atoms with Crippen molar-refractivity contribution >= 4 is 11.8 Å². The summed E-state index contributed by atoms with van der Waals surface area (Å²) in [5.74, 6) is -0.102.